The number of nitrogens with zero attached hydrogens (tertiary/aromatic N) is 1. The first-order chi connectivity index (χ1) is 15.9. The van der Waals surface area contributed by atoms with Crippen molar-refractivity contribution in [2.75, 3.05) is 7.05 Å². The zero-order chi connectivity index (χ0) is 23.8. The topological polar surface area (TPSA) is 49.4 Å². The molecule has 1 N–H and O–H groups in total. The number of hydrogen-bond acceptors (Lipinski definition) is 2. The van der Waals surface area contributed by atoms with Crippen molar-refractivity contribution in [3.8, 4) is 0 Å². The standard InChI is InChI=1S/C27H28Cl2N2O2/c1-3-25(27(33)30-2)31(18-21-14-15-22(28)16-24(21)29)26(32)17-23(19-10-6-4-7-11-19)20-12-8-5-9-13-20/h4-16,23,25H,3,17-18H2,1-2H3,(H,30,33)/t25-/m1/s1. The fourth-order valence-electron chi connectivity index (χ4n) is 4.01. The zero-order valence-electron chi connectivity index (χ0n) is 18.8. The quantitative estimate of drug-likeness (QED) is 0.402. The Kier molecular flexibility index (Phi) is 8.93. The third-order valence-corrected chi connectivity index (χ3v) is 6.36. The predicted octanol–water partition coefficient (Wildman–Crippen LogP) is 6.07. The van der Waals surface area contributed by atoms with Crippen LogP contribution in [0.2, 0.25) is 10.0 Å². The molecule has 0 saturated heterocycles. The highest BCUT2D eigenvalue weighted by Crippen LogP contribution is 2.30. The Morgan fingerprint density at radius 2 is 1.48 bits per heavy atom. The maximum absolute atomic E-state index is 13.8. The van der Waals surface area contributed by atoms with Crippen LogP contribution in [0.1, 0.15) is 42.4 Å². The number of hydrogen-bond donors (Lipinski definition) is 1. The molecule has 0 aliphatic carbocycles. The summed E-state index contributed by atoms with van der Waals surface area (Å²) in [6.45, 7) is 2.12. The minimum absolute atomic E-state index is 0.117. The molecule has 0 aliphatic heterocycles. The van der Waals surface area contributed by atoms with Crippen LogP contribution in [0.3, 0.4) is 0 Å². The number of rotatable bonds is 9. The van der Waals surface area contributed by atoms with Gasteiger partial charge >= 0.3 is 0 Å². The normalized spacial score (nSPS) is 11.8. The fourth-order valence-corrected chi connectivity index (χ4v) is 4.48. The zero-order valence-corrected chi connectivity index (χ0v) is 20.3. The minimum atomic E-state index is -0.610. The molecular formula is C27H28Cl2N2O2. The van der Waals surface area contributed by atoms with Crippen LogP contribution in [0.15, 0.2) is 78.9 Å². The van der Waals surface area contributed by atoms with Crippen molar-refractivity contribution < 1.29 is 9.59 Å². The Morgan fingerprint density at radius 3 is 1.97 bits per heavy atom. The van der Waals surface area contributed by atoms with E-state index in [1.807, 2.05) is 67.6 Å². The van der Waals surface area contributed by atoms with Gasteiger partial charge in [-0.25, -0.2) is 0 Å². The number of halogens is 2. The molecule has 0 fully saturated rings. The Labute approximate surface area is 205 Å². The summed E-state index contributed by atoms with van der Waals surface area (Å²) in [6, 6.07) is 24.5. The predicted molar refractivity (Wildman–Crippen MR) is 135 cm³/mol. The summed E-state index contributed by atoms with van der Waals surface area (Å²) in [5.41, 5.74) is 2.84. The van der Waals surface area contributed by atoms with Gasteiger partial charge in [0.2, 0.25) is 11.8 Å². The molecule has 0 spiro atoms. The van der Waals surface area contributed by atoms with Crippen molar-refractivity contribution in [3.05, 3.63) is 106 Å². The van der Waals surface area contributed by atoms with E-state index in [2.05, 4.69) is 5.32 Å². The second-order valence-corrected chi connectivity index (χ2v) is 8.72. The molecule has 0 heterocycles. The minimum Gasteiger partial charge on any atom is -0.357 e. The van der Waals surface area contributed by atoms with Crippen LogP contribution in [0.4, 0.5) is 0 Å². The fraction of sp³-hybridized carbons (Fsp3) is 0.259. The summed E-state index contributed by atoms with van der Waals surface area (Å²) in [5.74, 6) is -0.452. The Morgan fingerprint density at radius 1 is 0.909 bits per heavy atom. The number of carbonyl (C=O) groups excluding carboxylic acids is 2. The maximum atomic E-state index is 13.8. The Hall–Kier alpha value is -2.82. The van der Waals surface area contributed by atoms with Gasteiger partial charge in [0.15, 0.2) is 0 Å². The van der Waals surface area contributed by atoms with Gasteiger partial charge in [0.1, 0.15) is 6.04 Å². The SMILES string of the molecule is CC[C@H](C(=O)NC)N(Cc1ccc(Cl)cc1Cl)C(=O)CC(c1ccccc1)c1ccccc1. The number of likely N-dealkylation sites (N-methyl/N-ethyl adjacent to an activating group) is 1. The summed E-state index contributed by atoms with van der Waals surface area (Å²) >= 11 is 12.5. The lowest BCUT2D eigenvalue weighted by Gasteiger charge is -2.32. The number of carbonyl (C=O) groups is 2. The molecular weight excluding hydrogens is 455 g/mol. The molecule has 0 radical (unpaired) electrons. The van der Waals surface area contributed by atoms with Gasteiger partial charge in [-0.05, 0) is 35.2 Å². The lowest BCUT2D eigenvalue weighted by atomic mass is 9.88. The number of nitrogens with one attached hydrogen (secondary N) is 1. The molecule has 0 bridgehead atoms. The summed E-state index contributed by atoms with van der Waals surface area (Å²) in [5, 5.41) is 3.68. The van der Waals surface area contributed by atoms with E-state index in [0.717, 1.165) is 16.7 Å². The van der Waals surface area contributed by atoms with Crippen molar-refractivity contribution in [1.29, 1.82) is 0 Å². The highest BCUT2D eigenvalue weighted by molar-refractivity contribution is 6.35. The Bertz CT molecular complexity index is 1030. The van der Waals surface area contributed by atoms with Gasteiger partial charge in [-0.3, -0.25) is 9.59 Å². The third kappa shape index (κ3) is 6.37. The van der Waals surface area contributed by atoms with Crippen LogP contribution in [-0.2, 0) is 16.1 Å². The van der Waals surface area contributed by atoms with E-state index < -0.39 is 6.04 Å². The maximum Gasteiger partial charge on any atom is 0.242 e. The molecule has 0 unspecified atom stereocenters. The van der Waals surface area contributed by atoms with E-state index >= 15 is 0 Å². The molecule has 4 nitrogen and oxygen atoms in total. The summed E-state index contributed by atoms with van der Waals surface area (Å²) < 4.78 is 0. The molecule has 3 aromatic carbocycles. The van der Waals surface area contributed by atoms with Crippen LogP contribution >= 0.6 is 23.2 Å². The van der Waals surface area contributed by atoms with Crippen LogP contribution < -0.4 is 5.32 Å². The second kappa shape index (κ2) is 11.9. The van der Waals surface area contributed by atoms with E-state index in [-0.39, 0.29) is 30.7 Å². The van der Waals surface area contributed by atoms with Crippen molar-refractivity contribution in [2.24, 2.45) is 0 Å². The summed E-state index contributed by atoms with van der Waals surface area (Å²) in [4.78, 5) is 28.1. The van der Waals surface area contributed by atoms with Crippen LogP contribution in [0.25, 0.3) is 0 Å². The first-order valence-corrected chi connectivity index (χ1v) is 11.7. The summed E-state index contributed by atoms with van der Waals surface area (Å²) in [7, 11) is 1.58. The van der Waals surface area contributed by atoms with Crippen LogP contribution in [-0.4, -0.2) is 29.8 Å². The molecule has 3 aromatic rings. The van der Waals surface area contributed by atoms with E-state index in [1.165, 1.54) is 0 Å². The monoisotopic (exact) mass is 482 g/mol. The summed E-state index contributed by atoms with van der Waals surface area (Å²) in [6.07, 6.45) is 0.713. The first-order valence-electron chi connectivity index (χ1n) is 11.0. The second-order valence-electron chi connectivity index (χ2n) is 7.87. The molecule has 0 aliphatic rings. The van der Waals surface area contributed by atoms with Gasteiger partial charge in [0, 0.05) is 36.0 Å². The van der Waals surface area contributed by atoms with Crippen LogP contribution in [0.5, 0.6) is 0 Å². The van der Waals surface area contributed by atoms with E-state index in [1.54, 1.807) is 30.1 Å². The highest BCUT2D eigenvalue weighted by atomic mass is 35.5. The largest absolute Gasteiger partial charge is 0.357 e. The average molecular weight is 483 g/mol. The van der Waals surface area contributed by atoms with Gasteiger partial charge < -0.3 is 10.2 Å². The molecule has 6 heteroatoms. The molecule has 0 saturated carbocycles. The van der Waals surface area contributed by atoms with Crippen molar-refractivity contribution in [2.45, 2.75) is 38.3 Å². The molecule has 172 valence electrons. The van der Waals surface area contributed by atoms with E-state index in [9.17, 15) is 9.59 Å². The van der Waals surface area contributed by atoms with Crippen molar-refractivity contribution in [1.82, 2.24) is 10.2 Å². The number of benzene rings is 3. The van der Waals surface area contributed by atoms with Gasteiger partial charge in [-0.2, -0.15) is 0 Å². The smallest absolute Gasteiger partial charge is 0.242 e. The third-order valence-electron chi connectivity index (χ3n) is 5.77. The van der Waals surface area contributed by atoms with E-state index in [4.69, 9.17) is 23.2 Å². The number of amides is 2. The van der Waals surface area contributed by atoms with Crippen molar-refractivity contribution >= 4 is 35.0 Å². The van der Waals surface area contributed by atoms with Gasteiger partial charge in [-0.1, -0.05) is 96.9 Å². The van der Waals surface area contributed by atoms with Gasteiger partial charge in [-0.15, -0.1) is 0 Å². The Balaban J connectivity index is 1.97. The molecule has 3 rings (SSSR count). The average Bonchev–Trinajstić information content (AvgIpc) is 2.84. The molecule has 0 aromatic heterocycles. The van der Waals surface area contributed by atoms with Gasteiger partial charge in [0.25, 0.3) is 0 Å². The molecule has 1 atom stereocenters. The molecule has 2 amide bonds. The van der Waals surface area contributed by atoms with Gasteiger partial charge in [0.05, 0.1) is 0 Å². The van der Waals surface area contributed by atoms with E-state index in [0.29, 0.717) is 16.5 Å². The first kappa shape index (κ1) is 24.8. The highest BCUT2D eigenvalue weighted by Gasteiger charge is 2.30. The van der Waals surface area contributed by atoms with Crippen molar-refractivity contribution in [3.63, 3.8) is 0 Å². The molecule has 33 heavy (non-hydrogen) atoms. The van der Waals surface area contributed by atoms with Crippen LogP contribution in [0, 0.1) is 0 Å². The lowest BCUT2D eigenvalue weighted by molar-refractivity contribution is -0.141. The lowest BCUT2D eigenvalue weighted by Crippen LogP contribution is -2.48.